The Hall–Kier alpha value is -2.99. The first-order valence-corrected chi connectivity index (χ1v) is 11.0. The van der Waals surface area contributed by atoms with E-state index in [-0.39, 0.29) is 17.7 Å². The predicted octanol–water partition coefficient (Wildman–Crippen LogP) is 5.16. The van der Waals surface area contributed by atoms with Crippen molar-refractivity contribution in [2.75, 3.05) is 13.1 Å². The smallest absolute Gasteiger partial charge is 0.136 e. The molecule has 1 unspecified atom stereocenters. The molecule has 0 saturated carbocycles. The van der Waals surface area contributed by atoms with E-state index in [9.17, 15) is 9.18 Å². The summed E-state index contributed by atoms with van der Waals surface area (Å²) in [6.45, 7) is 4.62. The topological polar surface area (TPSA) is 64.8 Å². The largest absolute Gasteiger partial charge is 0.361 e. The summed E-state index contributed by atoms with van der Waals surface area (Å²) in [7, 11) is 0. The number of hydrogen-bond donors (Lipinski definition) is 2. The van der Waals surface area contributed by atoms with Crippen LogP contribution < -0.4 is 0 Å². The van der Waals surface area contributed by atoms with Gasteiger partial charge in [-0.25, -0.2) is 9.37 Å². The standard InChI is InChI=1S/C25H27FN4O/c1-16(25-28-22-4-2-3-5-23(22)29-25)12-24(31)17-8-10-30(11-9-17)15-18-14-27-21-7-6-19(26)13-20(18)21/h2-7,13-14,16-17,27H,8-12,15H2,1H3,(H,28,29). The molecule has 0 amide bonds. The highest BCUT2D eigenvalue weighted by Gasteiger charge is 2.27. The van der Waals surface area contributed by atoms with Crippen molar-refractivity contribution in [1.82, 2.24) is 19.9 Å². The molecule has 1 saturated heterocycles. The molecule has 1 aliphatic rings. The summed E-state index contributed by atoms with van der Waals surface area (Å²) in [6, 6.07) is 12.8. The van der Waals surface area contributed by atoms with Crippen molar-refractivity contribution < 1.29 is 9.18 Å². The van der Waals surface area contributed by atoms with Gasteiger partial charge >= 0.3 is 0 Å². The van der Waals surface area contributed by atoms with Crippen molar-refractivity contribution in [3.63, 3.8) is 0 Å². The summed E-state index contributed by atoms with van der Waals surface area (Å²) in [5.74, 6) is 1.21. The SMILES string of the molecule is CC(CC(=O)C1CCN(Cc2c[nH]c3ccc(F)cc23)CC1)c1nc2ccccc2[nH]1. The summed E-state index contributed by atoms with van der Waals surface area (Å²) in [6.07, 6.45) is 4.24. The number of carbonyl (C=O) groups excluding carboxylic acids is 1. The van der Waals surface area contributed by atoms with E-state index < -0.39 is 0 Å². The summed E-state index contributed by atoms with van der Waals surface area (Å²) < 4.78 is 13.6. The highest BCUT2D eigenvalue weighted by atomic mass is 19.1. The first-order valence-electron chi connectivity index (χ1n) is 11.0. The first kappa shape index (κ1) is 19.9. The Morgan fingerprint density at radius 3 is 2.81 bits per heavy atom. The number of nitrogens with one attached hydrogen (secondary N) is 2. The molecule has 0 radical (unpaired) electrons. The van der Waals surface area contributed by atoms with Crippen LogP contribution in [0.25, 0.3) is 21.9 Å². The van der Waals surface area contributed by atoms with Crippen LogP contribution in [-0.4, -0.2) is 38.7 Å². The second-order valence-corrected chi connectivity index (χ2v) is 8.76. The van der Waals surface area contributed by atoms with Crippen LogP contribution in [-0.2, 0) is 11.3 Å². The molecule has 2 N–H and O–H groups in total. The van der Waals surface area contributed by atoms with Crippen molar-refractivity contribution in [3.8, 4) is 0 Å². The van der Waals surface area contributed by atoms with Crippen molar-refractivity contribution in [2.24, 2.45) is 5.92 Å². The molecule has 0 bridgehead atoms. The number of aromatic amines is 2. The number of fused-ring (bicyclic) bond motifs is 2. The Balaban J connectivity index is 1.17. The third kappa shape index (κ3) is 4.12. The number of aromatic nitrogens is 3. The number of hydrogen-bond acceptors (Lipinski definition) is 3. The van der Waals surface area contributed by atoms with Gasteiger partial charge < -0.3 is 9.97 Å². The van der Waals surface area contributed by atoms with Gasteiger partial charge in [-0.1, -0.05) is 19.1 Å². The minimum absolute atomic E-state index is 0.0825. The number of ketones is 1. The number of para-hydroxylation sites is 2. The number of Topliss-reactive ketones (excluding diaryl/α,β-unsaturated/α-hetero) is 1. The van der Waals surface area contributed by atoms with E-state index in [2.05, 4.69) is 26.8 Å². The molecule has 1 aliphatic heterocycles. The minimum Gasteiger partial charge on any atom is -0.361 e. The maximum absolute atomic E-state index is 13.6. The highest BCUT2D eigenvalue weighted by molar-refractivity contribution is 5.83. The Bertz CT molecular complexity index is 1190. The van der Waals surface area contributed by atoms with Gasteiger partial charge in [0.15, 0.2) is 0 Å². The van der Waals surface area contributed by atoms with Gasteiger partial charge in [0.05, 0.1) is 11.0 Å². The molecule has 2 aromatic heterocycles. The van der Waals surface area contributed by atoms with Crippen molar-refractivity contribution in [2.45, 2.75) is 38.6 Å². The van der Waals surface area contributed by atoms with Gasteiger partial charge in [-0.05, 0) is 61.8 Å². The molecule has 160 valence electrons. The molecule has 6 heteroatoms. The average molecular weight is 419 g/mol. The van der Waals surface area contributed by atoms with Crippen LogP contribution in [0.15, 0.2) is 48.7 Å². The zero-order chi connectivity index (χ0) is 21.4. The number of halogens is 1. The van der Waals surface area contributed by atoms with Crippen molar-refractivity contribution in [3.05, 3.63) is 65.9 Å². The molecule has 3 heterocycles. The Morgan fingerprint density at radius 2 is 2.00 bits per heavy atom. The number of rotatable bonds is 6. The zero-order valence-corrected chi connectivity index (χ0v) is 17.7. The number of imidazole rings is 1. The molecule has 0 spiro atoms. The Morgan fingerprint density at radius 1 is 1.19 bits per heavy atom. The van der Waals surface area contributed by atoms with Crippen LogP contribution in [0.1, 0.15) is 43.5 Å². The molecule has 5 rings (SSSR count). The number of likely N-dealkylation sites (tertiary alicyclic amines) is 1. The third-order valence-electron chi connectivity index (χ3n) is 6.55. The van der Waals surface area contributed by atoms with Gasteiger partial charge in [0.1, 0.15) is 17.4 Å². The van der Waals surface area contributed by atoms with E-state index in [4.69, 9.17) is 0 Å². The van der Waals surface area contributed by atoms with Crippen LogP contribution in [0.4, 0.5) is 4.39 Å². The highest BCUT2D eigenvalue weighted by Crippen LogP contribution is 2.27. The monoisotopic (exact) mass is 418 g/mol. The first-order chi connectivity index (χ1) is 15.1. The number of piperidine rings is 1. The van der Waals surface area contributed by atoms with Crippen LogP contribution in [0.5, 0.6) is 0 Å². The molecule has 4 aromatic rings. The minimum atomic E-state index is -0.212. The predicted molar refractivity (Wildman–Crippen MR) is 120 cm³/mol. The lowest BCUT2D eigenvalue weighted by molar-refractivity contribution is -0.124. The van der Waals surface area contributed by atoms with E-state index in [0.717, 1.165) is 65.8 Å². The molecule has 1 atom stereocenters. The molecular formula is C25H27FN4O. The van der Waals surface area contributed by atoms with Gasteiger partial charge in [-0.15, -0.1) is 0 Å². The van der Waals surface area contributed by atoms with Gasteiger partial charge in [0, 0.05) is 41.9 Å². The normalized spacial score (nSPS) is 16.8. The van der Waals surface area contributed by atoms with Gasteiger partial charge in [0.25, 0.3) is 0 Å². The van der Waals surface area contributed by atoms with Gasteiger partial charge in [-0.3, -0.25) is 9.69 Å². The summed E-state index contributed by atoms with van der Waals surface area (Å²) >= 11 is 0. The average Bonchev–Trinajstić information content (AvgIpc) is 3.38. The van der Waals surface area contributed by atoms with E-state index in [1.54, 1.807) is 12.1 Å². The Kier molecular flexibility index (Phi) is 5.32. The molecule has 0 aliphatic carbocycles. The molecular weight excluding hydrogens is 391 g/mol. The second kappa shape index (κ2) is 8.27. The van der Waals surface area contributed by atoms with Gasteiger partial charge in [-0.2, -0.15) is 0 Å². The lowest BCUT2D eigenvalue weighted by Gasteiger charge is -2.31. The molecule has 1 fully saturated rings. The maximum atomic E-state index is 13.6. The number of carbonyl (C=O) groups is 1. The lowest BCUT2D eigenvalue weighted by atomic mass is 9.87. The van der Waals surface area contributed by atoms with E-state index in [1.807, 2.05) is 30.5 Å². The molecule has 31 heavy (non-hydrogen) atoms. The second-order valence-electron chi connectivity index (χ2n) is 8.76. The van der Waals surface area contributed by atoms with E-state index in [1.165, 1.54) is 6.07 Å². The van der Waals surface area contributed by atoms with Crippen LogP contribution >= 0.6 is 0 Å². The molecule has 2 aromatic carbocycles. The number of benzene rings is 2. The number of nitrogens with zero attached hydrogens (tertiary/aromatic N) is 2. The number of H-pyrrole nitrogens is 2. The van der Waals surface area contributed by atoms with Gasteiger partial charge in [0.2, 0.25) is 0 Å². The summed E-state index contributed by atoms with van der Waals surface area (Å²) in [5.41, 5.74) is 4.03. The van der Waals surface area contributed by atoms with Crippen LogP contribution in [0, 0.1) is 11.7 Å². The van der Waals surface area contributed by atoms with Crippen LogP contribution in [0.3, 0.4) is 0 Å². The maximum Gasteiger partial charge on any atom is 0.136 e. The van der Waals surface area contributed by atoms with Crippen molar-refractivity contribution in [1.29, 1.82) is 0 Å². The van der Waals surface area contributed by atoms with E-state index >= 15 is 0 Å². The van der Waals surface area contributed by atoms with Crippen LogP contribution in [0.2, 0.25) is 0 Å². The van der Waals surface area contributed by atoms with Crippen molar-refractivity contribution >= 4 is 27.7 Å². The molecule has 5 nitrogen and oxygen atoms in total. The Labute approximate surface area is 180 Å². The summed E-state index contributed by atoms with van der Waals surface area (Å²) in [4.78, 5) is 26.5. The fourth-order valence-electron chi connectivity index (χ4n) is 4.71. The third-order valence-corrected chi connectivity index (χ3v) is 6.55. The zero-order valence-electron chi connectivity index (χ0n) is 17.7. The lowest BCUT2D eigenvalue weighted by Crippen LogP contribution is -2.36. The summed E-state index contributed by atoms with van der Waals surface area (Å²) in [5, 5.41) is 0.942. The fraction of sp³-hybridized carbons (Fsp3) is 0.360. The van der Waals surface area contributed by atoms with E-state index in [0.29, 0.717) is 12.2 Å². The fourth-order valence-corrected chi connectivity index (χ4v) is 4.71. The quantitative estimate of drug-likeness (QED) is 0.455.